The normalized spacial score (nSPS) is 10.7. The Morgan fingerprint density at radius 2 is 1.86 bits per heavy atom. The van der Waals surface area contributed by atoms with Crippen LogP contribution in [-0.4, -0.2) is 32.8 Å². The van der Waals surface area contributed by atoms with E-state index in [1.54, 1.807) is 0 Å². The van der Waals surface area contributed by atoms with Crippen LogP contribution in [-0.2, 0) is 19.9 Å². The summed E-state index contributed by atoms with van der Waals surface area (Å²) in [5, 5.41) is 10.9. The molecule has 0 saturated heterocycles. The molecule has 0 aliphatic carbocycles. The molecule has 0 atom stereocenters. The van der Waals surface area contributed by atoms with Crippen LogP contribution in [0.1, 0.15) is 30.8 Å². The third-order valence-electron chi connectivity index (χ3n) is 3.32. The molecule has 0 unspecified atom stereocenters. The molecule has 0 saturated carbocycles. The summed E-state index contributed by atoms with van der Waals surface area (Å²) in [6.45, 7) is 7.88. The molecule has 0 aliphatic heterocycles. The second kappa shape index (κ2) is 7.06. The summed E-state index contributed by atoms with van der Waals surface area (Å²) < 4.78 is 1.82. The Bertz CT molecular complexity index is 590. The molecular formula is C15H24N6. The van der Waals surface area contributed by atoms with Crippen LogP contribution in [0.25, 0.3) is 0 Å². The molecule has 0 radical (unpaired) electrons. The lowest BCUT2D eigenvalue weighted by molar-refractivity contribution is 0.766. The van der Waals surface area contributed by atoms with E-state index in [-0.39, 0.29) is 0 Å². The minimum atomic E-state index is 0.829. The molecule has 2 aromatic heterocycles. The molecular weight excluding hydrogens is 264 g/mol. The molecule has 2 aromatic rings. The van der Waals surface area contributed by atoms with Crippen molar-refractivity contribution >= 4 is 11.6 Å². The molecule has 0 aliphatic rings. The number of hydrogen-bond acceptors (Lipinski definition) is 5. The Labute approximate surface area is 126 Å². The number of aryl methyl sites for hydroxylation is 2. The maximum atomic E-state index is 4.59. The van der Waals surface area contributed by atoms with Crippen molar-refractivity contribution in [1.82, 2.24) is 19.7 Å². The van der Waals surface area contributed by atoms with Gasteiger partial charge in [0.1, 0.15) is 17.5 Å². The smallest absolute Gasteiger partial charge is 0.134 e. The molecule has 0 amide bonds. The molecule has 21 heavy (non-hydrogen) atoms. The van der Waals surface area contributed by atoms with Crippen molar-refractivity contribution in [3.63, 3.8) is 0 Å². The minimum absolute atomic E-state index is 0.829. The standard InChI is InChI=1S/C15H24N6/c1-5-13-19-14(16-6-2)11(3)15(20-13)17-8-7-12-9-18-21(4)10-12/h9-10H,5-8H2,1-4H3,(H2,16,17,19,20). The van der Waals surface area contributed by atoms with Gasteiger partial charge in [0.2, 0.25) is 0 Å². The van der Waals surface area contributed by atoms with Crippen molar-refractivity contribution < 1.29 is 0 Å². The highest BCUT2D eigenvalue weighted by Crippen LogP contribution is 2.20. The van der Waals surface area contributed by atoms with Crippen molar-refractivity contribution in [1.29, 1.82) is 0 Å². The molecule has 2 N–H and O–H groups in total. The van der Waals surface area contributed by atoms with E-state index in [0.29, 0.717) is 0 Å². The van der Waals surface area contributed by atoms with Gasteiger partial charge in [0.05, 0.1) is 6.20 Å². The van der Waals surface area contributed by atoms with Crippen molar-refractivity contribution in [2.75, 3.05) is 23.7 Å². The van der Waals surface area contributed by atoms with Crippen LogP contribution in [0.2, 0.25) is 0 Å². The fourth-order valence-electron chi connectivity index (χ4n) is 2.16. The molecule has 6 nitrogen and oxygen atoms in total. The highest BCUT2D eigenvalue weighted by molar-refractivity contribution is 5.57. The third-order valence-corrected chi connectivity index (χ3v) is 3.32. The Balaban J connectivity index is 2.05. The van der Waals surface area contributed by atoms with Gasteiger partial charge in [-0.15, -0.1) is 0 Å². The summed E-state index contributed by atoms with van der Waals surface area (Å²) in [6, 6.07) is 0. The van der Waals surface area contributed by atoms with E-state index in [2.05, 4.69) is 39.5 Å². The number of aromatic nitrogens is 4. The first-order valence-electron chi connectivity index (χ1n) is 7.46. The van der Waals surface area contributed by atoms with Gasteiger partial charge in [-0.3, -0.25) is 4.68 Å². The zero-order valence-electron chi connectivity index (χ0n) is 13.3. The van der Waals surface area contributed by atoms with Gasteiger partial charge in [-0.05, 0) is 25.8 Å². The van der Waals surface area contributed by atoms with E-state index in [1.165, 1.54) is 5.56 Å². The van der Waals surface area contributed by atoms with E-state index in [1.807, 2.05) is 31.0 Å². The minimum Gasteiger partial charge on any atom is -0.370 e. The number of nitrogens with zero attached hydrogens (tertiary/aromatic N) is 4. The topological polar surface area (TPSA) is 67.7 Å². The fourth-order valence-corrected chi connectivity index (χ4v) is 2.16. The first kappa shape index (κ1) is 15.3. The monoisotopic (exact) mass is 288 g/mol. The summed E-state index contributed by atoms with van der Waals surface area (Å²) >= 11 is 0. The summed E-state index contributed by atoms with van der Waals surface area (Å²) in [5.41, 5.74) is 2.29. The lowest BCUT2D eigenvalue weighted by Gasteiger charge is -2.14. The van der Waals surface area contributed by atoms with E-state index in [4.69, 9.17) is 0 Å². The lowest BCUT2D eigenvalue weighted by Crippen LogP contribution is -2.12. The molecule has 114 valence electrons. The molecule has 0 spiro atoms. The first-order chi connectivity index (χ1) is 10.1. The van der Waals surface area contributed by atoms with Crippen molar-refractivity contribution in [2.45, 2.75) is 33.6 Å². The van der Waals surface area contributed by atoms with Gasteiger partial charge in [-0.25, -0.2) is 9.97 Å². The zero-order valence-corrected chi connectivity index (χ0v) is 13.3. The molecule has 0 aromatic carbocycles. The highest BCUT2D eigenvalue weighted by atomic mass is 15.2. The number of hydrogen-bond donors (Lipinski definition) is 2. The van der Waals surface area contributed by atoms with Crippen LogP contribution in [0.15, 0.2) is 12.4 Å². The molecule has 6 heteroatoms. The average Bonchev–Trinajstić information content (AvgIpc) is 2.88. The van der Waals surface area contributed by atoms with E-state index < -0.39 is 0 Å². The van der Waals surface area contributed by atoms with Gasteiger partial charge in [0.25, 0.3) is 0 Å². The van der Waals surface area contributed by atoms with Crippen molar-refractivity contribution in [3.8, 4) is 0 Å². The Kier molecular flexibility index (Phi) is 5.14. The molecule has 2 rings (SSSR count). The van der Waals surface area contributed by atoms with Gasteiger partial charge in [-0.2, -0.15) is 5.10 Å². The Morgan fingerprint density at radius 3 is 2.43 bits per heavy atom. The maximum Gasteiger partial charge on any atom is 0.134 e. The number of nitrogens with one attached hydrogen (secondary N) is 2. The highest BCUT2D eigenvalue weighted by Gasteiger charge is 2.09. The molecule has 2 heterocycles. The predicted octanol–water partition coefficient (Wildman–Crippen LogP) is 2.17. The summed E-state index contributed by atoms with van der Waals surface area (Å²) in [7, 11) is 1.93. The van der Waals surface area contributed by atoms with Gasteiger partial charge < -0.3 is 10.6 Å². The van der Waals surface area contributed by atoms with Crippen LogP contribution >= 0.6 is 0 Å². The summed E-state index contributed by atoms with van der Waals surface area (Å²) in [5.74, 6) is 2.70. The zero-order chi connectivity index (χ0) is 15.2. The quantitative estimate of drug-likeness (QED) is 0.817. The second-order valence-corrected chi connectivity index (χ2v) is 5.04. The van der Waals surface area contributed by atoms with Crippen LogP contribution in [0.5, 0.6) is 0 Å². The van der Waals surface area contributed by atoms with E-state index >= 15 is 0 Å². The SMILES string of the molecule is CCNc1nc(CC)nc(NCCc2cnn(C)c2)c1C. The summed E-state index contributed by atoms with van der Waals surface area (Å²) in [6.07, 6.45) is 5.69. The fraction of sp³-hybridized carbons (Fsp3) is 0.533. The average molecular weight is 288 g/mol. The Morgan fingerprint density at radius 1 is 1.14 bits per heavy atom. The van der Waals surface area contributed by atoms with Gasteiger partial charge in [0, 0.05) is 38.3 Å². The van der Waals surface area contributed by atoms with Gasteiger partial charge in [0.15, 0.2) is 0 Å². The van der Waals surface area contributed by atoms with Crippen LogP contribution < -0.4 is 10.6 Å². The number of rotatable bonds is 7. The van der Waals surface area contributed by atoms with Crippen molar-refractivity contribution in [2.24, 2.45) is 7.05 Å². The second-order valence-electron chi connectivity index (χ2n) is 5.04. The van der Waals surface area contributed by atoms with E-state index in [0.717, 1.165) is 49.0 Å². The summed E-state index contributed by atoms with van der Waals surface area (Å²) in [4.78, 5) is 9.12. The first-order valence-corrected chi connectivity index (χ1v) is 7.46. The van der Waals surface area contributed by atoms with Gasteiger partial charge in [-0.1, -0.05) is 6.92 Å². The largest absolute Gasteiger partial charge is 0.370 e. The maximum absolute atomic E-state index is 4.59. The Hall–Kier alpha value is -2.11. The lowest BCUT2D eigenvalue weighted by atomic mass is 10.2. The van der Waals surface area contributed by atoms with E-state index in [9.17, 15) is 0 Å². The van der Waals surface area contributed by atoms with Crippen LogP contribution in [0, 0.1) is 6.92 Å². The van der Waals surface area contributed by atoms with Crippen LogP contribution in [0.3, 0.4) is 0 Å². The number of anilines is 2. The van der Waals surface area contributed by atoms with Crippen LogP contribution in [0.4, 0.5) is 11.6 Å². The van der Waals surface area contributed by atoms with Crippen molar-refractivity contribution in [3.05, 3.63) is 29.3 Å². The molecule has 0 fully saturated rings. The third kappa shape index (κ3) is 3.93. The van der Waals surface area contributed by atoms with Gasteiger partial charge >= 0.3 is 0 Å². The predicted molar refractivity (Wildman–Crippen MR) is 85.7 cm³/mol. The molecule has 0 bridgehead atoms.